The number of hydrogen-bond acceptors (Lipinski definition) is 4. The molecule has 0 N–H and O–H groups in total. The van der Waals surface area contributed by atoms with E-state index < -0.39 is 0 Å². The second-order valence-electron chi connectivity index (χ2n) is 3.78. The molecule has 4 heteroatoms. The van der Waals surface area contributed by atoms with Gasteiger partial charge in [0.1, 0.15) is 5.69 Å². The van der Waals surface area contributed by atoms with Gasteiger partial charge in [0.05, 0.1) is 13.3 Å². The van der Waals surface area contributed by atoms with Gasteiger partial charge in [-0.3, -0.25) is 0 Å². The van der Waals surface area contributed by atoms with Crippen molar-refractivity contribution in [3.8, 4) is 17.3 Å². The molecule has 0 atom stereocenters. The first-order chi connectivity index (χ1) is 7.70. The van der Waals surface area contributed by atoms with Gasteiger partial charge in [-0.1, -0.05) is 19.9 Å². The fourth-order valence-corrected chi connectivity index (χ4v) is 1.34. The SMILES string of the molecule is COc1cccc(-c2cnc(C(C)C)o2)n1. The lowest BCUT2D eigenvalue weighted by Gasteiger charge is -2.00. The minimum absolute atomic E-state index is 0.277. The number of oxazole rings is 1. The van der Waals surface area contributed by atoms with Crippen LogP contribution >= 0.6 is 0 Å². The highest BCUT2D eigenvalue weighted by atomic mass is 16.5. The zero-order valence-electron chi connectivity index (χ0n) is 9.60. The van der Waals surface area contributed by atoms with Crippen LogP contribution in [0.25, 0.3) is 11.5 Å². The second-order valence-corrected chi connectivity index (χ2v) is 3.78. The minimum atomic E-state index is 0.277. The Labute approximate surface area is 94.3 Å². The van der Waals surface area contributed by atoms with Crippen molar-refractivity contribution in [2.45, 2.75) is 19.8 Å². The van der Waals surface area contributed by atoms with Crippen LogP contribution in [-0.2, 0) is 0 Å². The number of nitrogens with zero attached hydrogens (tertiary/aromatic N) is 2. The Hall–Kier alpha value is -1.84. The molecule has 16 heavy (non-hydrogen) atoms. The Balaban J connectivity index is 2.34. The monoisotopic (exact) mass is 218 g/mol. The van der Waals surface area contributed by atoms with Crippen molar-refractivity contribution >= 4 is 0 Å². The maximum absolute atomic E-state index is 5.60. The maximum atomic E-state index is 5.60. The van der Waals surface area contributed by atoms with Gasteiger partial charge in [0.15, 0.2) is 11.7 Å². The Kier molecular flexibility index (Phi) is 2.90. The zero-order valence-corrected chi connectivity index (χ0v) is 9.60. The minimum Gasteiger partial charge on any atom is -0.481 e. The van der Waals surface area contributed by atoms with Crippen LogP contribution in [0, 0.1) is 0 Å². The number of hydrogen-bond donors (Lipinski definition) is 0. The van der Waals surface area contributed by atoms with E-state index in [-0.39, 0.29) is 5.92 Å². The number of ether oxygens (including phenoxy) is 1. The van der Waals surface area contributed by atoms with E-state index in [1.165, 1.54) is 0 Å². The lowest BCUT2D eigenvalue weighted by Crippen LogP contribution is -1.88. The van der Waals surface area contributed by atoms with Crippen molar-refractivity contribution in [2.75, 3.05) is 7.11 Å². The van der Waals surface area contributed by atoms with Crippen molar-refractivity contribution in [1.29, 1.82) is 0 Å². The molecule has 0 aliphatic rings. The Morgan fingerprint density at radius 3 is 2.75 bits per heavy atom. The normalized spacial score (nSPS) is 10.8. The molecule has 2 aromatic rings. The highest BCUT2D eigenvalue weighted by molar-refractivity contribution is 5.51. The van der Waals surface area contributed by atoms with Crippen molar-refractivity contribution in [3.63, 3.8) is 0 Å². The van der Waals surface area contributed by atoms with E-state index in [1.807, 2.05) is 26.0 Å². The zero-order chi connectivity index (χ0) is 11.5. The molecular formula is C12H14N2O2. The van der Waals surface area contributed by atoms with E-state index >= 15 is 0 Å². The van der Waals surface area contributed by atoms with E-state index in [2.05, 4.69) is 9.97 Å². The molecule has 0 fully saturated rings. The highest BCUT2D eigenvalue weighted by Gasteiger charge is 2.10. The van der Waals surface area contributed by atoms with Crippen molar-refractivity contribution in [3.05, 3.63) is 30.3 Å². The summed E-state index contributed by atoms with van der Waals surface area (Å²) in [6.45, 7) is 4.07. The average Bonchev–Trinajstić information content (AvgIpc) is 2.78. The number of aromatic nitrogens is 2. The summed E-state index contributed by atoms with van der Waals surface area (Å²) in [4.78, 5) is 8.48. The molecule has 0 saturated heterocycles. The number of rotatable bonds is 3. The van der Waals surface area contributed by atoms with Crippen LogP contribution in [0.15, 0.2) is 28.8 Å². The smallest absolute Gasteiger partial charge is 0.213 e. The van der Waals surface area contributed by atoms with Crippen LogP contribution in [0.3, 0.4) is 0 Å². The van der Waals surface area contributed by atoms with E-state index in [0.717, 1.165) is 11.6 Å². The predicted octanol–water partition coefficient (Wildman–Crippen LogP) is 2.87. The van der Waals surface area contributed by atoms with E-state index in [0.29, 0.717) is 11.6 Å². The van der Waals surface area contributed by atoms with E-state index in [9.17, 15) is 0 Å². The first-order valence-corrected chi connectivity index (χ1v) is 5.18. The molecule has 84 valence electrons. The standard InChI is InChI=1S/C12H14N2O2/c1-8(2)12-13-7-10(16-12)9-5-4-6-11(14-9)15-3/h4-8H,1-3H3. The largest absolute Gasteiger partial charge is 0.481 e. The lowest BCUT2D eigenvalue weighted by molar-refractivity contribution is 0.397. The molecule has 0 radical (unpaired) electrons. The van der Waals surface area contributed by atoms with Crippen LogP contribution in [0.5, 0.6) is 5.88 Å². The fraction of sp³-hybridized carbons (Fsp3) is 0.333. The van der Waals surface area contributed by atoms with E-state index in [4.69, 9.17) is 9.15 Å². The Morgan fingerprint density at radius 2 is 2.12 bits per heavy atom. The van der Waals surface area contributed by atoms with Crippen molar-refractivity contribution in [2.24, 2.45) is 0 Å². The first kappa shape index (κ1) is 10.7. The van der Waals surface area contributed by atoms with Gasteiger partial charge in [-0.2, -0.15) is 0 Å². The first-order valence-electron chi connectivity index (χ1n) is 5.18. The third-order valence-electron chi connectivity index (χ3n) is 2.20. The van der Waals surface area contributed by atoms with Crippen LogP contribution in [0.1, 0.15) is 25.7 Å². The third-order valence-corrected chi connectivity index (χ3v) is 2.20. The second kappa shape index (κ2) is 4.35. The lowest BCUT2D eigenvalue weighted by atomic mass is 10.2. The van der Waals surface area contributed by atoms with Crippen LogP contribution in [-0.4, -0.2) is 17.1 Å². The van der Waals surface area contributed by atoms with Gasteiger partial charge in [-0.25, -0.2) is 9.97 Å². The third kappa shape index (κ3) is 2.05. The summed E-state index contributed by atoms with van der Waals surface area (Å²) in [5, 5.41) is 0. The molecule has 0 aromatic carbocycles. The predicted molar refractivity (Wildman–Crippen MR) is 60.4 cm³/mol. The van der Waals surface area contributed by atoms with Crippen LogP contribution < -0.4 is 4.74 Å². The molecule has 2 aromatic heterocycles. The molecule has 0 spiro atoms. The van der Waals surface area contributed by atoms with Gasteiger partial charge in [0.2, 0.25) is 5.88 Å². The Morgan fingerprint density at radius 1 is 1.31 bits per heavy atom. The number of pyridine rings is 1. The highest BCUT2D eigenvalue weighted by Crippen LogP contribution is 2.23. The summed E-state index contributed by atoms with van der Waals surface area (Å²) >= 11 is 0. The molecule has 0 amide bonds. The molecular weight excluding hydrogens is 204 g/mol. The quantitative estimate of drug-likeness (QED) is 0.794. The van der Waals surface area contributed by atoms with Crippen LogP contribution in [0.2, 0.25) is 0 Å². The van der Waals surface area contributed by atoms with Gasteiger partial charge in [0.25, 0.3) is 0 Å². The number of methoxy groups -OCH3 is 1. The fourth-order valence-electron chi connectivity index (χ4n) is 1.34. The summed E-state index contributed by atoms with van der Waals surface area (Å²) in [5.74, 6) is 2.24. The summed E-state index contributed by atoms with van der Waals surface area (Å²) in [5.41, 5.74) is 0.735. The summed E-state index contributed by atoms with van der Waals surface area (Å²) in [6.07, 6.45) is 1.69. The summed E-state index contributed by atoms with van der Waals surface area (Å²) in [7, 11) is 1.59. The molecule has 0 unspecified atom stereocenters. The van der Waals surface area contributed by atoms with Crippen molar-refractivity contribution in [1.82, 2.24) is 9.97 Å². The average molecular weight is 218 g/mol. The maximum Gasteiger partial charge on any atom is 0.213 e. The van der Waals surface area contributed by atoms with E-state index in [1.54, 1.807) is 19.4 Å². The molecule has 2 rings (SSSR count). The van der Waals surface area contributed by atoms with Gasteiger partial charge in [-0.15, -0.1) is 0 Å². The van der Waals surface area contributed by atoms with Gasteiger partial charge >= 0.3 is 0 Å². The molecule has 2 heterocycles. The molecule has 0 saturated carbocycles. The van der Waals surface area contributed by atoms with Gasteiger partial charge in [-0.05, 0) is 6.07 Å². The van der Waals surface area contributed by atoms with Gasteiger partial charge in [0, 0.05) is 12.0 Å². The Bertz CT molecular complexity index is 477. The summed E-state index contributed by atoms with van der Waals surface area (Å²) < 4.78 is 10.7. The molecule has 0 bridgehead atoms. The summed E-state index contributed by atoms with van der Waals surface area (Å²) in [6, 6.07) is 5.54. The van der Waals surface area contributed by atoms with Crippen molar-refractivity contribution < 1.29 is 9.15 Å². The van der Waals surface area contributed by atoms with Crippen LogP contribution in [0.4, 0.5) is 0 Å². The van der Waals surface area contributed by atoms with Gasteiger partial charge < -0.3 is 9.15 Å². The molecule has 0 aliphatic heterocycles. The molecule has 4 nitrogen and oxygen atoms in total. The molecule has 0 aliphatic carbocycles. The topological polar surface area (TPSA) is 48.2 Å².